The summed E-state index contributed by atoms with van der Waals surface area (Å²) in [5, 5.41) is 2.97. The lowest BCUT2D eigenvalue weighted by Crippen LogP contribution is -2.52. The Labute approximate surface area is 159 Å². The van der Waals surface area contributed by atoms with Gasteiger partial charge in [-0.15, -0.1) is 0 Å². The van der Waals surface area contributed by atoms with Gasteiger partial charge in [0.1, 0.15) is 5.82 Å². The normalized spacial score (nSPS) is 25.9. The maximum atomic E-state index is 13.5. The minimum atomic E-state index is -0.446. The van der Waals surface area contributed by atoms with Gasteiger partial charge in [-0.2, -0.15) is 0 Å². The van der Waals surface area contributed by atoms with E-state index in [-0.39, 0.29) is 29.9 Å². The number of nitrogens with one attached hydrogen (secondary N) is 1. The Balaban J connectivity index is 1.68. The zero-order chi connectivity index (χ0) is 19.4. The first-order valence-electron chi connectivity index (χ1n) is 9.46. The monoisotopic (exact) mass is 378 g/mol. The van der Waals surface area contributed by atoms with Crippen molar-refractivity contribution in [3.63, 3.8) is 0 Å². The van der Waals surface area contributed by atoms with Crippen LogP contribution < -0.4 is 5.32 Å². The Kier molecular flexibility index (Phi) is 6.44. The molecule has 1 heterocycles. The molecule has 2 fully saturated rings. The van der Waals surface area contributed by atoms with E-state index in [2.05, 4.69) is 5.32 Å². The van der Waals surface area contributed by atoms with Crippen molar-refractivity contribution in [2.75, 3.05) is 33.4 Å². The van der Waals surface area contributed by atoms with Crippen molar-refractivity contribution in [3.8, 4) is 0 Å². The van der Waals surface area contributed by atoms with Gasteiger partial charge in [0, 0.05) is 31.7 Å². The summed E-state index contributed by atoms with van der Waals surface area (Å²) in [6.07, 6.45) is 1.80. The molecule has 0 aromatic heterocycles. The standard InChI is InChI=1S/C20H27FN2O4/c1-13-3-5-15(21)12-16(13)19(24)22-17-11-14(4-6-18(17)26-2)20(25)23-7-9-27-10-8-23/h3,5,12,14,17-18H,4,6-11H2,1-2H3,(H,22,24)/t14-,17+,18+/m0/s1. The van der Waals surface area contributed by atoms with Crippen molar-refractivity contribution < 1.29 is 23.5 Å². The van der Waals surface area contributed by atoms with Crippen molar-refractivity contribution in [2.45, 2.75) is 38.3 Å². The van der Waals surface area contributed by atoms with Gasteiger partial charge in [-0.05, 0) is 43.9 Å². The quantitative estimate of drug-likeness (QED) is 0.869. The van der Waals surface area contributed by atoms with Crippen molar-refractivity contribution in [2.24, 2.45) is 5.92 Å². The van der Waals surface area contributed by atoms with E-state index in [1.165, 1.54) is 12.1 Å². The fourth-order valence-electron chi connectivity index (χ4n) is 3.93. The Morgan fingerprint density at radius 1 is 1.26 bits per heavy atom. The second kappa shape index (κ2) is 8.80. The molecule has 0 spiro atoms. The van der Waals surface area contributed by atoms with Crippen LogP contribution in [0.1, 0.15) is 35.2 Å². The van der Waals surface area contributed by atoms with E-state index in [4.69, 9.17) is 9.47 Å². The summed E-state index contributed by atoms with van der Waals surface area (Å²) in [6, 6.07) is 3.88. The Hall–Kier alpha value is -1.99. The summed E-state index contributed by atoms with van der Waals surface area (Å²) in [4.78, 5) is 27.3. The average molecular weight is 378 g/mol. The molecule has 2 amide bonds. The van der Waals surface area contributed by atoms with E-state index in [0.29, 0.717) is 50.3 Å². The van der Waals surface area contributed by atoms with Gasteiger partial charge in [0.25, 0.3) is 5.91 Å². The molecule has 0 bridgehead atoms. The molecule has 1 saturated carbocycles. The van der Waals surface area contributed by atoms with Gasteiger partial charge < -0.3 is 19.7 Å². The molecule has 1 N–H and O–H groups in total. The molecule has 1 aromatic rings. The number of methoxy groups -OCH3 is 1. The molecule has 2 aliphatic rings. The van der Waals surface area contributed by atoms with Crippen LogP contribution >= 0.6 is 0 Å². The number of hydrogen-bond donors (Lipinski definition) is 1. The van der Waals surface area contributed by atoms with Crippen LogP contribution in [0.25, 0.3) is 0 Å². The summed E-state index contributed by atoms with van der Waals surface area (Å²) >= 11 is 0. The number of rotatable bonds is 4. The lowest BCUT2D eigenvalue weighted by molar-refractivity contribution is -0.142. The summed E-state index contributed by atoms with van der Waals surface area (Å²) in [5.74, 6) is -0.806. The van der Waals surface area contributed by atoms with Gasteiger partial charge in [-0.1, -0.05) is 6.07 Å². The number of nitrogens with zero attached hydrogens (tertiary/aromatic N) is 1. The SMILES string of the molecule is CO[C@@H]1CC[C@H](C(=O)N2CCOCC2)C[C@H]1NC(=O)c1cc(F)ccc1C. The van der Waals surface area contributed by atoms with Crippen LogP contribution in [0.3, 0.4) is 0 Å². The fraction of sp³-hybridized carbons (Fsp3) is 0.600. The van der Waals surface area contributed by atoms with Crippen molar-refractivity contribution in [1.82, 2.24) is 10.2 Å². The van der Waals surface area contributed by atoms with E-state index < -0.39 is 5.82 Å². The first-order valence-corrected chi connectivity index (χ1v) is 9.46. The molecule has 0 radical (unpaired) electrons. The molecule has 1 aromatic carbocycles. The van der Waals surface area contributed by atoms with E-state index in [1.807, 2.05) is 4.90 Å². The van der Waals surface area contributed by atoms with Crippen LogP contribution in [0.2, 0.25) is 0 Å². The largest absolute Gasteiger partial charge is 0.379 e. The maximum absolute atomic E-state index is 13.5. The predicted molar refractivity (Wildman–Crippen MR) is 97.9 cm³/mol. The molecule has 1 saturated heterocycles. The number of morpholine rings is 1. The van der Waals surface area contributed by atoms with Gasteiger partial charge in [0.05, 0.1) is 25.4 Å². The van der Waals surface area contributed by atoms with Crippen molar-refractivity contribution in [3.05, 3.63) is 35.1 Å². The maximum Gasteiger partial charge on any atom is 0.251 e. The van der Waals surface area contributed by atoms with Crippen LogP contribution in [0.5, 0.6) is 0 Å². The molecule has 1 aliphatic heterocycles. The van der Waals surface area contributed by atoms with Crippen LogP contribution in [-0.2, 0) is 14.3 Å². The van der Waals surface area contributed by atoms with E-state index in [1.54, 1.807) is 20.1 Å². The van der Waals surface area contributed by atoms with E-state index >= 15 is 0 Å². The number of carbonyl (C=O) groups is 2. The summed E-state index contributed by atoms with van der Waals surface area (Å²) < 4.78 is 24.4. The Bertz CT molecular complexity index is 691. The first-order chi connectivity index (χ1) is 13.0. The molecule has 27 heavy (non-hydrogen) atoms. The Morgan fingerprint density at radius 3 is 2.70 bits per heavy atom. The lowest BCUT2D eigenvalue weighted by atomic mass is 9.82. The number of benzene rings is 1. The lowest BCUT2D eigenvalue weighted by Gasteiger charge is -2.38. The molecule has 7 heteroatoms. The number of amides is 2. The van der Waals surface area contributed by atoms with Gasteiger partial charge >= 0.3 is 0 Å². The molecule has 3 rings (SSSR count). The predicted octanol–water partition coefficient (Wildman–Crippen LogP) is 1.91. The molecule has 3 atom stereocenters. The molecular formula is C20H27FN2O4. The third-order valence-electron chi connectivity index (χ3n) is 5.52. The average Bonchev–Trinajstić information content (AvgIpc) is 2.69. The molecule has 1 aliphatic carbocycles. The van der Waals surface area contributed by atoms with Crippen molar-refractivity contribution >= 4 is 11.8 Å². The van der Waals surface area contributed by atoms with Crippen LogP contribution in [0.15, 0.2) is 18.2 Å². The molecule has 148 valence electrons. The highest BCUT2D eigenvalue weighted by molar-refractivity contribution is 5.95. The molecular weight excluding hydrogens is 351 g/mol. The smallest absolute Gasteiger partial charge is 0.251 e. The fourth-order valence-corrected chi connectivity index (χ4v) is 3.93. The van der Waals surface area contributed by atoms with Gasteiger partial charge in [-0.25, -0.2) is 4.39 Å². The number of aryl methyl sites for hydroxylation is 1. The zero-order valence-electron chi connectivity index (χ0n) is 15.9. The second-order valence-corrected chi connectivity index (χ2v) is 7.26. The number of ether oxygens (including phenoxy) is 2. The minimum absolute atomic E-state index is 0.119. The third-order valence-corrected chi connectivity index (χ3v) is 5.52. The molecule has 6 nitrogen and oxygen atoms in total. The third kappa shape index (κ3) is 4.65. The van der Waals surface area contributed by atoms with Gasteiger partial charge in [0.15, 0.2) is 0 Å². The molecule has 0 unspecified atom stereocenters. The van der Waals surface area contributed by atoms with Crippen LogP contribution in [0, 0.1) is 18.7 Å². The summed E-state index contributed by atoms with van der Waals surface area (Å²) in [7, 11) is 1.61. The Morgan fingerprint density at radius 2 is 2.00 bits per heavy atom. The highest BCUT2D eigenvalue weighted by Gasteiger charge is 2.37. The highest BCUT2D eigenvalue weighted by Crippen LogP contribution is 2.29. The minimum Gasteiger partial charge on any atom is -0.379 e. The zero-order valence-corrected chi connectivity index (χ0v) is 15.9. The highest BCUT2D eigenvalue weighted by atomic mass is 19.1. The van der Waals surface area contributed by atoms with E-state index in [9.17, 15) is 14.0 Å². The topological polar surface area (TPSA) is 67.9 Å². The van der Waals surface area contributed by atoms with Gasteiger partial charge in [0.2, 0.25) is 5.91 Å². The summed E-state index contributed by atoms with van der Waals surface area (Å²) in [5.41, 5.74) is 1.02. The number of hydrogen-bond acceptors (Lipinski definition) is 4. The second-order valence-electron chi connectivity index (χ2n) is 7.26. The van der Waals surface area contributed by atoms with Crippen LogP contribution in [-0.4, -0.2) is 62.3 Å². The first kappa shape index (κ1) is 19.8. The number of halogens is 1. The van der Waals surface area contributed by atoms with Gasteiger partial charge in [-0.3, -0.25) is 9.59 Å². The van der Waals surface area contributed by atoms with Crippen molar-refractivity contribution in [1.29, 1.82) is 0 Å². The number of carbonyl (C=O) groups excluding carboxylic acids is 2. The summed E-state index contributed by atoms with van der Waals surface area (Å²) in [6.45, 7) is 4.13. The van der Waals surface area contributed by atoms with E-state index in [0.717, 1.165) is 6.42 Å². The van der Waals surface area contributed by atoms with Crippen LogP contribution in [0.4, 0.5) is 4.39 Å².